The van der Waals surface area contributed by atoms with Crippen LogP contribution in [0.25, 0.3) is 0 Å². The molecule has 0 bridgehead atoms. The lowest BCUT2D eigenvalue weighted by Crippen LogP contribution is -2.42. The molecule has 5 heteroatoms. The first-order valence-corrected chi connectivity index (χ1v) is 13.9. The zero-order chi connectivity index (χ0) is 14.8. The van der Waals surface area contributed by atoms with Crippen LogP contribution >= 0.6 is 7.14 Å². The quantitative estimate of drug-likeness (QED) is 0.572. The van der Waals surface area contributed by atoms with Gasteiger partial charge in [0.15, 0.2) is 7.74 Å². The minimum Gasteiger partial charge on any atom is -0.329 e. The Morgan fingerprint density at radius 2 is 1.20 bits per heavy atom. The molecule has 0 aromatic carbocycles. The van der Waals surface area contributed by atoms with E-state index < -0.39 is 14.9 Å². The number of hydrogen-bond donors (Lipinski definition) is 2. The third-order valence-corrected chi connectivity index (χ3v) is 15.4. The summed E-state index contributed by atoms with van der Waals surface area (Å²) in [6, 6.07) is 0. The predicted molar refractivity (Wildman–Crippen MR) is 86.4 cm³/mol. The lowest BCUT2D eigenvalue weighted by atomic mass is 9.77. The van der Waals surface area contributed by atoms with Crippen molar-refractivity contribution >= 4 is 14.9 Å². The lowest BCUT2D eigenvalue weighted by molar-refractivity contribution is 0.238. The Hall–Kier alpha value is 0.367. The van der Waals surface area contributed by atoms with Crippen molar-refractivity contribution in [3.05, 3.63) is 0 Å². The van der Waals surface area contributed by atoms with Crippen molar-refractivity contribution in [2.75, 3.05) is 0 Å². The van der Waals surface area contributed by atoms with Gasteiger partial charge < -0.3 is 9.79 Å². The predicted octanol–water partition coefficient (Wildman–Crippen LogP) is 4.90. The molecule has 2 aliphatic rings. The van der Waals surface area contributed by atoms with Gasteiger partial charge in [0.1, 0.15) is 0 Å². The summed E-state index contributed by atoms with van der Waals surface area (Å²) >= 11 is 0. The van der Waals surface area contributed by atoms with E-state index in [0.29, 0.717) is 17.4 Å². The molecule has 2 rings (SSSR count). The summed E-state index contributed by atoms with van der Waals surface area (Å²) in [5.41, 5.74) is 0.337. The molecule has 2 aliphatic carbocycles. The molecule has 0 atom stereocenters. The molecule has 0 amide bonds. The maximum Gasteiger partial charge on any atom is 0.292 e. The van der Waals surface area contributed by atoms with Crippen LogP contribution < -0.4 is 0 Å². The smallest absolute Gasteiger partial charge is 0.292 e. The van der Waals surface area contributed by atoms with E-state index in [1.54, 1.807) is 0 Å². The van der Waals surface area contributed by atoms with Crippen molar-refractivity contribution in [1.29, 1.82) is 0 Å². The van der Waals surface area contributed by atoms with Crippen molar-refractivity contribution in [1.82, 2.24) is 0 Å². The molecule has 0 saturated heterocycles. The average molecular weight is 318 g/mol. The molecule has 3 nitrogen and oxygen atoms in total. The molecule has 0 unspecified atom stereocenters. The maximum atomic E-state index is 12.1. The van der Waals surface area contributed by atoms with Gasteiger partial charge in [0.05, 0.1) is 0 Å². The van der Waals surface area contributed by atoms with Crippen molar-refractivity contribution in [2.45, 2.75) is 82.8 Å². The van der Waals surface area contributed by atoms with Crippen molar-refractivity contribution < 1.29 is 14.4 Å². The van der Waals surface area contributed by atoms with Gasteiger partial charge in [-0.2, -0.15) is 0 Å². The van der Waals surface area contributed by atoms with E-state index in [2.05, 4.69) is 0 Å². The minimum atomic E-state index is -3.92. The van der Waals surface area contributed by atoms with Gasteiger partial charge in [0.25, 0.3) is 7.14 Å². The SMILES string of the molecule is C[Si](C)(C(C1CCCCC1)C1CCCCC1)P(=O)(O)O. The van der Waals surface area contributed by atoms with Gasteiger partial charge in [-0.25, -0.2) is 0 Å². The molecule has 0 radical (unpaired) electrons. The van der Waals surface area contributed by atoms with Gasteiger partial charge >= 0.3 is 0 Å². The maximum absolute atomic E-state index is 12.1. The first kappa shape index (κ1) is 16.7. The largest absolute Gasteiger partial charge is 0.329 e. The Morgan fingerprint density at radius 1 is 0.850 bits per heavy atom. The van der Waals surface area contributed by atoms with E-state index in [0.717, 1.165) is 0 Å². The number of hydrogen-bond acceptors (Lipinski definition) is 1. The van der Waals surface area contributed by atoms with Crippen LogP contribution in [0.1, 0.15) is 64.2 Å². The summed E-state index contributed by atoms with van der Waals surface area (Å²) in [5.74, 6) is 1.17. The lowest BCUT2D eigenvalue weighted by Gasteiger charge is -2.45. The molecule has 20 heavy (non-hydrogen) atoms. The van der Waals surface area contributed by atoms with Crippen molar-refractivity contribution in [3.8, 4) is 0 Å². The summed E-state index contributed by atoms with van der Waals surface area (Å²) in [6.07, 6.45) is 12.5. The minimum absolute atomic E-state index is 0.337. The van der Waals surface area contributed by atoms with Crippen molar-refractivity contribution in [3.63, 3.8) is 0 Å². The second-order valence-electron chi connectivity index (χ2n) is 7.52. The molecule has 2 fully saturated rings. The summed E-state index contributed by atoms with van der Waals surface area (Å²) < 4.78 is 12.1. The van der Waals surface area contributed by atoms with Gasteiger partial charge in [-0.15, -0.1) is 0 Å². The molecule has 0 spiro atoms. The zero-order valence-corrected chi connectivity index (χ0v) is 14.9. The van der Waals surface area contributed by atoms with Crippen LogP contribution in [0.3, 0.4) is 0 Å². The fourth-order valence-electron chi connectivity index (χ4n) is 4.72. The second-order valence-corrected chi connectivity index (χ2v) is 17.8. The van der Waals surface area contributed by atoms with E-state index in [1.165, 1.54) is 64.2 Å². The fourth-order valence-corrected chi connectivity index (χ4v) is 10.5. The highest BCUT2D eigenvalue weighted by atomic mass is 31.4. The molecule has 0 aliphatic heterocycles. The molecular weight excluding hydrogens is 287 g/mol. The van der Waals surface area contributed by atoms with Crippen LogP contribution in [-0.2, 0) is 4.57 Å². The zero-order valence-electron chi connectivity index (χ0n) is 13.1. The standard InChI is InChI=1S/C15H31O3PSi/c1-20(2,19(16,17)18)15(13-9-5-3-6-10-13)14-11-7-4-8-12-14/h13-15H,3-12H2,1-2H3,(H2,16,17,18). The van der Waals surface area contributed by atoms with Crippen LogP contribution in [0.5, 0.6) is 0 Å². The molecule has 2 N–H and O–H groups in total. The Morgan fingerprint density at radius 3 is 1.50 bits per heavy atom. The van der Waals surface area contributed by atoms with Gasteiger partial charge in [-0.05, 0) is 17.4 Å². The summed E-state index contributed by atoms with van der Waals surface area (Å²) in [5, 5.41) is 0. The Kier molecular flexibility index (Phi) is 5.56. The van der Waals surface area contributed by atoms with E-state index >= 15 is 0 Å². The monoisotopic (exact) mass is 318 g/mol. The second kappa shape index (κ2) is 6.64. The number of rotatable bonds is 4. The van der Waals surface area contributed by atoms with E-state index in [4.69, 9.17) is 0 Å². The first-order chi connectivity index (χ1) is 9.34. The molecular formula is C15H31O3PSi. The Labute approximate surface area is 124 Å². The molecule has 0 aromatic heterocycles. The highest BCUT2D eigenvalue weighted by molar-refractivity contribution is 7.91. The topological polar surface area (TPSA) is 57.5 Å². The van der Waals surface area contributed by atoms with Crippen LogP contribution in [0.15, 0.2) is 0 Å². The van der Waals surface area contributed by atoms with Gasteiger partial charge in [-0.1, -0.05) is 77.3 Å². The summed E-state index contributed by atoms with van der Waals surface area (Å²) in [7, 11) is -6.46. The highest BCUT2D eigenvalue weighted by Crippen LogP contribution is 2.60. The van der Waals surface area contributed by atoms with Crippen LogP contribution in [0, 0.1) is 11.8 Å². The Bertz CT molecular complexity index is 336. The fraction of sp³-hybridized carbons (Fsp3) is 1.00. The van der Waals surface area contributed by atoms with Gasteiger partial charge in [0.2, 0.25) is 0 Å². The van der Waals surface area contributed by atoms with Crippen LogP contribution in [-0.4, -0.2) is 17.5 Å². The van der Waals surface area contributed by atoms with E-state index in [9.17, 15) is 14.4 Å². The molecule has 2 saturated carbocycles. The van der Waals surface area contributed by atoms with E-state index in [1.807, 2.05) is 13.1 Å². The third kappa shape index (κ3) is 3.57. The molecule has 118 valence electrons. The average Bonchev–Trinajstić information content (AvgIpc) is 2.40. The third-order valence-electron chi connectivity index (χ3n) is 5.88. The van der Waals surface area contributed by atoms with Crippen LogP contribution in [0.2, 0.25) is 18.6 Å². The van der Waals surface area contributed by atoms with Gasteiger partial charge in [-0.3, -0.25) is 4.57 Å². The molecule has 0 heterocycles. The summed E-state index contributed by atoms with van der Waals surface area (Å²) in [4.78, 5) is 19.9. The van der Waals surface area contributed by atoms with Crippen LogP contribution in [0.4, 0.5) is 0 Å². The summed E-state index contributed by atoms with van der Waals surface area (Å²) in [6.45, 7) is 3.92. The normalized spacial score (nSPS) is 24.2. The first-order valence-electron chi connectivity index (χ1n) is 8.39. The van der Waals surface area contributed by atoms with E-state index in [-0.39, 0.29) is 0 Å². The highest BCUT2D eigenvalue weighted by Gasteiger charge is 2.52. The van der Waals surface area contributed by atoms with Gasteiger partial charge in [0, 0.05) is 0 Å². The van der Waals surface area contributed by atoms with Crippen molar-refractivity contribution in [2.24, 2.45) is 11.8 Å². The Balaban J connectivity index is 2.24. The molecule has 0 aromatic rings.